The smallest absolute Gasteiger partial charge is 0.120 e. The molecular formula is C15H16BrN3. The number of rotatable bonds is 4. The Morgan fingerprint density at radius 2 is 2.16 bits per heavy atom. The Bertz CT molecular complexity index is 610. The number of hydrogen-bond donors (Lipinski definition) is 1. The van der Waals surface area contributed by atoms with E-state index in [1.54, 1.807) is 0 Å². The fourth-order valence-corrected chi connectivity index (χ4v) is 2.68. The van der Waals surface area contributed by atoms with Gasteiger partial charge in [-0.2, -0.15) is 5.26 Å². The number of aryl methyl sites for hydroxylation is 1. The molecule has 0 amide bonds. The van der Waals surface area contributed by atoms with Crippen molar-refractivity contribution in [2.24, 2.45) is 7.05 Å². The van der Waals surface area contributed by atoms with Crippen molar-refractivity contribution >= 4 is 15.9 Å². The predicted molar refractivity (Wildman–Crippen MR) is 79.5 cm³/mol. The summed E-state index contributed by atoms with van der Waals surface area (Å²) in [6.45, 7) is 2.88. The fourth-order valence-electron chi connectivity index (χ4n) is 2.05. The fraction of sp³-hybridized carbons (Fsp3) is 0.267. The van der Waals surface area contributed by atoms with Crippen LogP contribution in [0.15, 0.2) is 41.0 Å². The first-order chi connectivity index (χ1) is 9.11. The number of benzene rings is 1. The van der Waals surface area contributed by atoms with Crippen LogP contribution in [0, 0.1) is 11.3 Å². The first-order valence-electron chi connectivity index (χ1n) is 6.15. The van der Waals surface area contributed by atoms with E-state index < -0.39 is 0 Å². The third-order valence-electron chi connectivity index (χ3n) is 3.16. The van der Waals surface area contributed by atoms with Crippen molar-refractivity contribution in [3.8, 4) is 6.07 Å². The van der Waals surface area contributed by atoms with Crippen LogP contribution in [0.5, 0.6) is 0 Å². The third-order valence-corrected chi connectivity index (χ3v) is 3.88. The van der Waals surface area contributed by atoms with E-state index >= 15 is 0 Å². The Morgan fingerprint density at radius 3 is 2.79 bits per heavy atom. The Kier molecular flexibility index (Phi) is 4.41. The van der Waals surface area contributed by atoms with Gasteiger partial charge in [0, 0.05) is 30.3 Å². The number of nitrogens with one attached hydrogen (secondary N) is 1. The lowest BCUT2D eigenvalue weighted by Crippen LogP contribution is -2.18. The van der Waals surface area contributed by atoms with Crippen molar-refractivity contribution < 1.29 is 0 Å². The normalized spacial score (nSPS) is 12.1. The van der Waals surface area contributed by atoms with Crippen molar-refractivity contribution in [3.05, 3.63) is 57.8 Å². The highest BCUT2D eigenvalue weighted by molar-refractivity contribution is 9.10. The number of halogens is 1. The van der Waals surface area contributed by atoms with Gasteiger partial charge in [-0.1, -0.05) is 34.1 Å². The van der Waals surface area contributed by atoms with Gasteiger partial charge in [0.05, 0.1) is 0 Å². The number of aromatic nitrogens is 1. The summed E-state index contributed by atoms with van der Waals surface area (Å²) < 4.78 is 2.96. The first kappa shape index (κ1) is 13.9. The van der Waals surface area contributed by atoms with Gasteiger partial charge in [-0.15, -0.1) is 0 Å². The van der Waals surface area contributed by atoms with E-state index in [-0.39, 0.29) is 6.04 Å². The van der Waals surface area contributed by atoms with E-state index in [2.05, 4.69) is 40.3 Å². The van der Waals surface area contributed by atoms with Gasteiger partial charge in [0.2, 0.25) is 0 Å². The standard InChI is InChI=1S/C15H16BrN3/c1-11(14-5-3-4-6-15(14)16)18-9-12-7-13(8-17)19(2)10-12/h3-7,10-11,18H,9H2,1-2H3/t11-/m0/s1. The third kappa shape index (κ3) is 3.25. The summed E-state index contributed by atoms with van der Waals surface area (Å²) in [6, 6.07) is 12.5. The summed E-state index contributed by atoms with van der Waals surface area (Å²) in [5, 5.41) is 12.4. The summed E-state index contributed by atoms with van der Waals surface area (Å²) >= 11 is 3.56. The van der Waals surface area contributed by atoms with Crippen LogP contribution in [0.25, 0.3) is 0 Å². The van der Waals surface area contributed by atoms with E-state index in [1.807, 2.05) is 42.1 Å². The maximum absolute atomic E-state index is 8.93. The van der Waals surface area contributed by atoms with Gasteiger partial charge in [-0.25, -0.2) is 0 Å². The Labute approximate surface area is 122 Å². The predicted octanol–water partition coefficient (Wildman–Crippen LogP) is 3.51. The molecule has 19 heavy (non-hydrogen) atoms. The van der Waals surface area contributed by atoms with Gasteiger partial charge < -0.3 is 9.88 Å². The highest BCUT2D eigenvalue weighted by Gasteiger charge is 2.09. The summed E-state index contributed by atoms with van der Waals surface area (Å²) in [5.41, 5.74) is 3.04. The number of nitriles is 1. The molecule has 0 saturated heterocycles. The summed E-state index contributed by atoms with van der Waals surface area (Å²) in [4.78, 5) is 0. The van der Waals surface area contributed by atoms with Crippen molar-refractivity contribution in [3.63, 3.8) is 0 Å². The average Bonchev–Trinajstić information content (AvgIpc) is 2.77. The van der Waals surface area contributed by atoms with Crippen LogP contribution in [-0.4, -0.2) is 4.57 Å². The summed E-state index contributed by atoms with van der Waals surface area (Å²) in [7, 11) is 1.89. The minimum Gasteiger partial charge on any atom is -0.342 e. The van der Waals surface area contributed by atoms with Crippen LogP contribution in [-0.2, 0) is 13.6 Å². The lowest BCUT2D eigenvalue weighted by molar-refractivity contribution is 0.572. The Balaban J connectivity index is 2.03. The molecule has 0 fully saturated rings. The van der Waals surface area contributed by atoms with Gasteiger partial charge in [0.1, 0.15) is 11.8 Å². The molecular weight excluding hydrogens is 302 g/mol. The molecule has 0 bridgehead atoms. The molecule has 1 aromatic heterocycles. The van der Waals surface area contributed by atoms with Crippen LogP contribution in [0.4, 0.5) is 0 Å². The molecule has 4 heteroatoms. The Morgan fingerprint density at radius 1 is 1.42 bits per heavy atom. The molecule has 0 spiro atoms. The molecule has 0 radical (unpaired) electrons. The lowest BCUT2D eigenvalue weighted by Gasteiger charge is -2.15. The first-order valence-corrected chi connectivity index (χ1v) is 6.94. The SMILES string of the molecule is C[C@H](NCc1cc(C#N)n(C)c1)c1ccccc1Br. The maximum atomic E-state index is 8.93. The van der Waals surface area contributed by atoms with Crippen molar-refractivity contribution in [1.29, 1.82) is 5.26 Å². The second kappa shape index (κ2) is 6.05. The molecule has 0 unspecified atom stereocenters. The van der Waals surface area contributed by atoms with Crippen LogP contribution in [0.1, 0.15) is 29.8 Å². The average molecular weight is 318 g/mol. The van der Waals surface area contributed by atoms with Crippen LogP contribution in [0.3, 0.4) is 0 Å². The molecule has 3 nitrogen and oxygen atoms in total. The number of nitrogens with zero attached hydrogens (tertiary/aromatic N) is 2. The zero-order valence-electron chi connectivity index (χ0n) is 11.0. The lowest BCUT2D eigenvalue weighted by atomic mass is 10.1. The minimum absolute atomic E-state index is 0.251. The highest BCUT2D eigenvalue weighted by atomic mass is 79.9. The minimum atomic E-state index is 0.251. The zero-order chi connectivity index (χ0) is 13.8. The van der Waals surface area contributed by atoms with E-state index in [4.69, 9.17) is 5.26 Å². The van der Waals surface area contributed by atoms with Crippen LogP contribution < -0.4 is 5.32 Å². The van der Waals surface area contributed by atoms with Crippen LogP contribution >= 0.6 is 15.9 Å². The zero-order valence-corrected chi connectivity index (χ0v) is 12.6. The molecule has 2 aromatic rings. The molecule has 0 aliphatic rings. The van der Waals surface area contributed by atoms with Gasteiger partial charge >= 0.3 is 0 Å². The summed E-state index contributed by atoms with van der Waals surface area (Å²) in [6.07, 6.45) is 1.98. The highest BCUT2D eigenvalue weighted by Crippen LogP contribution is 2.23. The van der Waals surface area contributed by atoms with Crippen molar-refractivity contribution in [2.75, 3.05) is 0 Å². The van der Waals surface area contributed by atoms with Crippen molar-refractivity contribution in [2.45, 2.75) is 19.5 Å². The molecule has 0 aliphatic carbocycles. The molecule has 1 aromatic carbocycles. The quantitative estimate of drug-likeness (QED) is 0.937. The Hall–Kier alpha value is -1.57. The topological polar surface area (TPSA) is 40.8 Å². The van der Waals surface area contributed by atoms with E-state index in [0.717, 1.165) is 16.6 Å². The van der Waals surface area contributed by atoms with Gasteiger partial charge in [0.25, 0.3) is 0 Å². The second-order valence-electron chi connectivity index (χ2n) is 4.58. The molecule has 1 atom stereocenters. The largest absolute Gasteiger partial charge is 0.342 e. The number of hydrogen-bond acceptors (Lipinski definition) is 2. The molecule has 98 valence electrons. The van der Waals surface area contributed by atoms with Crippen molar-refractivity contribution in [1.82, 2.24) is 9.88 Å². The van der Waals surface area contributed by atoms with E-state index in [0.29, 0.717) is 5.69 Å². The molecule has 0 saturated carbocycles. The molecule has 1 N–H and O–H groups in total. The monoisotopic (exact) mass is 317 g/mol. The van der Waals surface area contributed by atoms with Gasteiger partial charge in [-0.05, 0) is 30.2 Å². The molecule has 1 heterocycles. The van der Waals surface area contributed by atoms with Gasteiger partial charge in [0.15, 0.2) is 0 Å². The second-order valence-corrected chi connectivity index (χ2v) is 5.43. The van der Waals surface area contributed by atoms with Crippen LogP contribution in [0.2, 0.25) is 0 Å². The van der Waals surface area contributed by atoms with Gasteiger partial charge in [-0.3, -0.25) is 0 Å². The summed E-state index contributed by atoms with van der Waals surface area (Å²) in [5.74, 6) is 0. The maximum Gasteiger partial charge on any atom is 0.120 e. The molecule has 2 rings (SSSR count). The van der Waals surface area contributed by atoms with E-state index in [1.165, 1.54) is 5.56 Å². The van der Waals surface area contributed by atoms with E-state index in [9.17, 15) is 0 Å². The molecule has 0 aliphatic heterocycles.